The van der Waals surface area contributed by atoms with Crippen molar-refractivity contribution in [3.63, 3.8) is 0 Å². The van der Waals surface area contributed by atoms with Gasteiger partial charge in [0.2, 0.25) is 0 Å². The second-order valence-electron chi connectivity index (χ2n) is 12.7. The molecular formula is C44H22N4S2. The monoisotopic (exact) mass is 670 g/mol. The summed E-state index contributed by atoms with van der Waals surface area (Å²) in [5, 5.41) is 31.1. The van der Waals surface area contributed by atoms with Gasteiger partial charge < -0.3 is 9.13 Å². The number of thiophene rings is 2. The van der Waals surface area contributed by atoms with E-state index in [2.05, 4.69) is 137 Å². The first-order valence-corrected chi connectivity index (χ1v) is 18.0. The summed E-state index contributed by atoms with van der Waals surface area (Å²) in [5.41, 5.74) is 6.25. The van der Waals surface area contributed by atoms with Crippen LogP contribution >= 0.6 is 22.7 Å². The van der Waals surface area contributed by atoms with Gasteiger partial charge in [-0.15, -0.1) is 22.7 Å². The van der Waals surface area contributed by atoms with Gasteiger partial charge in [-0.3, -0.25) is 0 Å². The molecule has 11 rings (SSSR count). The molecule has 0 fully saturated rings. The molecular weight excluding hydrogens is 649 g/mol. The maximum atomic E-state index is 11.2. The van der Waals surface area contributed by atoms with E-state index in [0.29, 0.717) is 16.8 Å². The molecule has 0 spiro atoms. The van der Waals surface area contributed by atoms with Crippen molar-refractivity contribution in [2.75, 3.05) is 0 Å². The van der Waals surface area contributed by atoms with Gasteiger partial charge in [-0.25, -0.2) is 0 Å². The largest absolute Gasteiger partial charge is 0.308 e. The summed E-state index contributed by atoms with van der Waals surface area (Å²) in [7, 11) is 0. The highest BCUT2D eigenvalue weighted by atomic mass is 32.1. The van der Waals surface area contributed by atoms with Crippen molar-refractivity contribution in [1.82, 2.24) is 9.13 Å². The lowest BCUT2D eigenvalue weighted by Gasteiger charge is -2.17. The lowest BCUT2D eigenvalue weighted by atomic mass is 10.0. The van der Waals surface area contributed by atoms with Gasteiger partial charge in [0, 0.05) is 61.9 Å². The number of hydrogen-bond donors (Lipinski definition) is 0. The number of benzene rings is 7. The third-order valence-corrected chi connectivity index (χ3v) is 12.5. The van der Waals surface area contributed by atoms with Crippen LogP contribution in [0.2, 0.25) is 0 Å². The Balaban J connectivity index is 1.29. The number of para-hydroxylation sites is 2. The van der Waals surface area contributed by atoms with Crippen molar-refractivity contribution in [3.8, 4) is 23.5 Å². The van der Waals surface area contributed by atoms with Crippen molar-refractivity contribution in [1.29, 1.82) is 10.5 Å². The van der Waals surface area contributed by atoms with E-state index in [9.17, 15) is 10.5 Å². The van der Waals surface area contributed by atoms with Crippen molar-refractivity contribution in [2.45, 2.75) is 0 Å². The Morgan fingerprint density at radius 3 is 1.46 bits per heavy atom. The summed E-state index contributed by atoms with van der Waals surface area (Å²) >= 11 is 3.60. The molecule has 0 saturated heterocycles. The standard InChI is InChI=1S/C44H22N4S2/c45-23-25-17-18-37(47-35-13-5-1-9-26(35)30-21-42-32(19-38(30)47)28-11-3-7-15-40(28)49-42)34(24-46)44(25)48-36-14-6-2-10-27(36)31-22-43-33(20-39(31)48)29-12-4-8-16-41(29)50-43/h1-22H. The molecule has 0 amide bonds. The smallest absolute Gasteiger partial charge is 0.104 e. The molecule has 230 valence electrons. The summed E-state index contributed by atoms with van der Waals surface area (Å²) in [6, 6.07) is 51.8. The molecule has 7 aromatic carbocycles. The van der Waals surface area contributed by atoms with E-state index in [1.807, 2.05) is 29.5 Å². The third kappa shape index (κ3) is 3.56. The molecule has 4 nitrogen and oxygen atoms in total. The fourth-order valence-corrected chi connectivity index (χ4v) is 10.3. The summed E-state index contributed by atoms with van der Waals surface area (Å²) in [4.78, 5) is 0. The number of nitrogens with zero attached hydrogens (tertiary/aromatic N) is 4. The predicted octanol–water partition coefficient (Wildman–Crippen LogP) is 12.4. The Bertz CT molecular complexity index is 3360. The van der Waals surface area contributed by atoms with Gasteiger partial charge in [0.05, 0.1) is 39.0 Å². The molecule has 0 atom stereocenters. The number of nitriles is 2. The Morgan fingerprint density at radius 1 is 0.400 bits per heavy atom. The minimum Gasteiger partial charge on any atom is -0.308 e. The summed E-state index contributed by atoms with van der Waals surface area (Å²) in [5.74, 6) is 0. The number of rotatable bonds is 2. The molecule has 0 unspecified atom stereocenters. The fraction of sp³-hybridized carbons (Fsp3) is 0. The molecule has 0 aliphatic carbocycles. The maximum Gasteiger partial charge on any atom is 0.104 e. The maximum absolute atomic E-state index is 11.2. The zero-order valence-electron chi connectivity index (χ0n) is 26.3. The normalized spacial score (nSPS) is 12.0. The van der Waals surface area contributed by atoms with Crippen LogP contribution in [0.15, 0.2) is 133 Å². The van der Waals surface area contributed by atoms with Crippen LogP contribution in [-0.2, 0) is 0 Å². The van der Waals surface area contributed by atoms with Crippen LogP contribution in [-0.4, -0.2) is 9.13 Å². The van der Waals surface area contributed by atoms with Crippen LogP contribution in [0.3, 0.4) is 0 Å². The van der Waals surface area contributed by atoms with Crippen molar-refractivity contribution in [3.05, 3.63) is 145 Å². The average molecular weight is 671 g/mol. The first-order valence-electron chi connectivity index (χ1n) is 16.4. The molecule has 0 aliphatic heterocycles. The van der Waals surface area contributed by atoms with E-state index in [-0.39, 0.29) is 0 Å². The van der Waals surface area contributed by atoms with Gasteiger partial charge >= 0.3 is 0 Å². The lowest BCUT2D eigenvalue weighted by molar-refractivity contribution is 1.11. The first kappa shape index (κ1) is 27.5. The molecule has 0 bridgehead atoms. The van der Waals surface area contributed by atoms with E-state index in [4.69, 9.17) is 0 Å². The minimum absolute atomic E-state index is 0.454. The highest BCUT2D eigenvalue weighted by Gasteiger charge is 2.24. The molecule has 50 heavy (non-hydrogen) atoms. The van der Waals surface area contributed by atoms with Crippen LogP contribution in [0, 0.1) is 22.7 Å². The van der Waals surface area contributed by atoms with Crippen molar-refractivity contribution >= 4 is 107 Å². The number of aromatic nitrogens is 2. The van der Waals surface area contributed by atoms with Gasteiger partial charge in [-0.2, -0.15) is 10.5 Å². The SMILES string of the molecule is N#Cc1ccc(-n2c3ccccc3c3cc4sc5ccccc5c4cc32)c(C#N)c1-n1c2ccccc2c2cc3sc4ccccc4c3cc21. The molecule has 0 saturated carbocycles. The van der Waals surface area contributed by atoms with Gasteiger partial charge in [-0.05, 0) is 60.7 Å². The zero-order valence-corrected chi connectivity index (χ0v) is 27.9. The second-order valence-corrected chi connectivity index (χ2v) is 14.9. The average Bonchev–Trinajstić information content (AvgIpc) is 3.89. The number of hydrogen-bond acceptors (Lipinski definition) is 4. The summed E-state index contributed by atoms with van der Waals surface area (Å²) in [6.45, 7) is 0. The Morgan fingerprint density at radius 2 is 0.900 bits per heavy atom. The van der Waals surface area contributed by atoms with Crippen molar-refractivity contribution in [2.24, 2.45) is 0 Å². The van der Waals surface area contributed by atoms with Crippen LogP contribution in [0.1, 0.15) is 11.1 Å². The van der Waals surface area contributed by atoms with Crippen LogP contribution < -0.4 is 0 Å². The quantitative estimate of drug-likeness (QED) is 0.184. The Kier molecular flexibility index (Phi) is 5.52. The molecule has 4 aromatic heterocycles. The molecule has 4 heterocycles. The highest BCUT2D eigenvalue weighted by molar-refractivity contribution is 7.26. The van der Waals surface area contributed by atoms with Gasteiger partial charge in [0.15, 0.2) is 0 Å². The van der Waals surface area contributed by atoms with E-state index in [1.165, 1.54) is 40.3 Å². The van der Waals surface area contributed by atoms with E-state index in [0.717, 1.165) is 49.3 Å². The topological polar surface area (TPSA) is 57.4 Å². The van der Waals surface area contributed by atoms with Crippen LogP contribution in [0.5, 0.6) is 0 Å². The Labute approximate surface area is 293 Å². The van der Waals surface area contributed by atoms with E-state index < -0.39 is 0 Å². The van der Waals surface area contributed by atoms with Gasteiger partial charge in [-0.1, -0.05) is 72.8 Å². The highest BCUT2D eigenvalue weighted by Crippen LogP contribution is 2.44. The minimum atomic E-state index is 0.454. The predicted molar refractivity (Wildman–Crippen MR) is 210 cm³/mol. The summed E-state index contributed by atoms with van der Waals surface area (Å²) < 4.78 is 9.31. The fourth-order valence-electron chi connectivity index (χ4n) is 8.07. The lowest BCUT2D eigenvalue weighted by Crippen LogP contribution is -2.06. The molecule has 0 N–H and O–H groups in total. The van der Waals surface area contributed by atoms with E-state index in [1.54, 1.807) is 11.3 Å². The van der Waals surface area contributed by atoms with E-state index >= 15 is 0 Å². The second kappa shape index (κ2) is 10.0. The molecule has 6 heteroatoms. The van der Waals surface area contributed by atoms with Gasteiger partial charge in [0.25, 0.3) is 0 Å². The Hall–Kier alpha value is -6.44. The third-order valence-electron chi connectivity index (χ3n) is 10.2. The molecule has 0 aliphatic rings. The van der Waals surface area contributed by atoms with Crippen molar-refractivity contribution < 1.29 is 0 Å². The zero-order chi connectivity index (χ0) is 33.1. The van der Waals surface area contributed by atoms with Crippen LogP contribution in [0.25, 0.3) is 95.3 Å². The van der Waals surface area contributed by atoms with Gasteiger partial charge in [0.1, 0.15) is 17.7 Å². The number of fused-ring (bicyclic) bond motifs is 12. The summed E-state index contributed by atoms with van der Waals surface area (Å²) in [6.07, 6.45) is 0. The molecule has 0 radical (unpaired) electrons. The molecule has 11 aromatic rings. The van der Waals surface area contributed by atoms with Crippen LogP contribution in [0.4, 0.5) is 0 Å². The first-order chi connectivity index (χ1) is 24.7.